The summed E-state index contributed by atoms with van der Waals surface area (Å²) >= 11 is 0. The molecule has 1 fully saturated rings. The van der Waals surface area contributed by atoms with Gasteiger partial charge >= 0.3 is 0 Å². The number of hydrogen-bond donors (Lipinski definition) is 2. The highest BCUT2D eigenvalue weighted by Gasteiger charge is 2.17. The van der Waals surface area contributed by atoms with E-state index in [1.807, 2.05) is 0 Å². The average Bonchev–Trinajstić information content (AvgIpc) is 2.40. The molecule has 1 aliphatic rings. The van der Waals surface area contributed by atoms with Crippen LogP contribution in [0.1, 0.15) is 19.3 Å². The Hall–Kier alpha value is -0.120. The van der Waals surface area contributed by atoms with Crippen LogP contribution in [0.15, 0.2) is 0 Å². The standard InChI is InChI=1S/C7H15NO2/c1-10-7(9)5-6-3-2-4-8-6/h6-9H,2-5H2,1H3. The first-order chi connectivity index (χ1) is 4.83. The van der Waals surface area contributed by atoms with Crippen molar-refractivity contribution in [3.8, 4) is 0 Å². The Morgan fingerprint density at radius 3 is 3.10 bits per heavy atom. The van der Waals surface area contributed by atoms with Crippen molar-refractivity contribution in [3.05, 3.63) is 0 Å². The van der Waals surface area contributed by atoms with Crippen molar-refractivity contribution in [2.75, 3.05) is 13.7 Å². The molecule has 0 aromatic carbocycles. The summed E-state index contributed by atoms with van der Waals surface area (Å²) in [6, 6.07) is 0.468. The lowest BCUT2D eigenvalue weighted by Crippen LogP contribution is -2.27. The number of hydrogen-bond acceptors (Lipinski definition) is 3. The highest BCUT2D eigenvalue weighted by atomic mass is 16.6. The predicted octanol–water partition coefficient (Wildman–Crippen LogP) is 0.0933. The summed E-state index contributed by atoms with van der Waals surface area (Å²) < 4.78 is 4.73. The fourth-order valence-electron chi connectivity index (χ4n) is 1.30. The second kappa shape index (κ2) is 3.91. The number of nitrogens with one attached hydrogen (secondary N) is 1. The largest absolute Gasteiger partial charge is 0.368 e. The van der Waals surface area contributed by atoms with E-state index in [1.165, 1.54) is 20.0 Å². The molecular formula is C7H15NO2. The smallest absolute Gasteiger partial charge is 0.155 e. The predicted molar refractivity (Wildman–Crippen MR) is 38.7 cm³/mol. The lowest BCUT2D eigenvalue weighted by atomic mass is 10.1. The van der Waals surface area contributed by atoms with Crippen LogP contribution in [-0.4, -0.2) is 31.1 Å². The molecule has 2 atom stereocenters. The van der Waals surface area contributed by atoms with E-state index < -0.39 is 6.29 Å². The fourth-order valence-corrected chi connectivity index (χ4v) is 1.30. The van der Waals surface area contributed by atoms with Crippen molar-refractivity contribution in [3.63, 3.8) is 0 Å². The van der Waals surface area contributed by atoms with E-state index in [0.717, 1.165) is 13.0 Å². The monoisotopic (exact) mass is 145 g/mol. The van der Waals surface area contributed by atoms with Gasteiger partial charge in [0, 0.05) is 19.6 Å². The molecule has 0 amide bonds. The average molecular weight is 145 g/mol. The van der Waals surface area contributed by atoms with E-state index in [0.29, 0.717) is 6.04 Å². The molecule has 3 nitrogen and oxygen atoms in total. The van der Waals surface area contributed by atoms with Crippen LogP contribution in [0.25, 0.3) is 0 Å². The van der Waals surface area contributed by atoms with Crippen LogP contribution in [0, 0.1) is 0 Å². The second-order valence-electron chi connectivity index (χ2n) is 2.72. The molecule has 1 aliphatic heterocycles. The van der Waals surface area contributed by atoms with Gasteiger partial charge < -0.3 is 15.2 Å². The summed E-state index contributed by atoms with van der Waals surface area (Å²) in [6.07, 6.45) is 2.52. The van der Waals surface area contributed by atoms with Crippen molar-refractivity contribution in [2.45, 2.75) is 31.6 Å². The molecule has 2 unspecified atom stereocenters. The Balaban J connectivity index is 2.11. The summed E-state index contributed by atoms with van der Waals surface area (Å²) in [5.74, 6) is 0. The zero-order chi connectivity index (χ0) is 7.40. The van der Waals surface area contributed by atoms with Crippen molar-refractivity contribution in [1.82, 2.24) is 5.32 Å². The van der Waals surface area contributed by atoms with Gasteiger partial charge in [-0.2, -0.15) is 0 Å². The van der Waals surface area contributed by atoms with Crippen LogP contribution in [-0.2, 0) is 4.74 Å². The summed E-state index contributed by atoms with van der Waals surface area (Å²) in [4.78, 5) is 0. The van der Waals surface area contributed by atoms with Crippen molar-refractivity contribution in [2.24, 2.45) is 0 Å². The minimum absolute atomic E-state index is 0.468. The van der Waals surface area contributed by atoms with Crippen LogP contribution < -0.4 is 5.32 Å². The minimum atomic E-state index is -0.587. The molecule has 2 N–H and O–H groups in total. The van der Waals surface area contributed by atoms with Crippen LogP contribution >= 0.6 is 0 Å². The second-order valence-corrected chi connectivity index (χ2v) is 2.72. The molecule has 1 heterocycles. The van der Waals surface area contributed by atoms with Gasteiger partial charge in [0.05, 0.1) is 0 Å². The fraction of sp³-hybridized carbons (Fsp3) is 1.00. The molecule has 0 aromatic rings. The van der Waals surface area contributed by atoms with Gasteiger partial charge in [-0.1, -0.05) is 0 Å². The number of aliphatic hydroxyl groups excluding tert-OH is 1. The van der Waals surface area contributed by atoms with Gasteiger partial charge in [0.1, 0.15) is 0 Å². The van der Waals surface area contributed by atoms with Gasteiger partial charge in [-0.05, 0) is 19.4 Å². The Morgan fingerprint density at radius 1 is 1.80 bits per heavy atom. The maximum atomic E-state index is 9.06. The highest BCUT2D eigenvalue weighted by Crippen LogP contribution is 2.10. The van der Waals surface area contributed by atoms with Crippen LogP contribution in [0.4, 0.5) is 0 Å². The Morgan fingerprint density at radius 2 is 2.60 bits per heavy atom. The summed E-state index contributed by atoms with van der Waals surface area (Å²) in [6.45, 7) is 1.08. The topological polar surface area (TPSA) is 41.5 Å². The van der Waals surface area contributed by atoms with Crippen molar-refractivity contribution in [1.29, 1.82) is 0 Å². The van der Waals surface area contributed by atoms with E-state index in [-0.39, 0.29) is 0 Å². The molecular weight excluding hydrogens is 130 g/mol. The minimum Gasteiger partial charge on any atom is -0.368 e. The highest BCUT2D eigenvalue weighted by molar-refractivity contribution is 4.74. The van der Waals surface area contributed by atoms with Gasteiger partial charge in [0.25, 0.3) is 0 Å². The first kappa shape index (κ1) is 7.98. The molecule has 0 bridgehead atoms. The van der Waals surface area contributed by atoms with Crippen molar-refractivity contribution < 1.29 is 9.84 Å². The lowest BCUT2D eigenvalue weighted by molar-refractivity contribution is -0.0824. The van der Waals surface area contributed by atoms with E-state index >= 15 is 0 Å². The molecule has 1 saturated heterocycles. The zero-order valence-corrected chi connectivity index (χ0v) is 6.34. The number of rotatable bonds is 3. The summed E-state index contributed by atoms with van der Waals surface area (Å²) in [5.41, 5.74) is 0. The molecule has 0 spiro atoms. The Bertz CT molecular complexity index is 91.6. The number of aliphatic hydroxyl groups is 1. The van der Waals surface area contributed by atoms with Crippen molar-refractivity contribution >= 4 is 0 Å². The van der Waals surface area contributed by atoms with E-state index in [1.54, 1.807) is 0 Å². The molecule has 0 saturated carbocycles. The van der Waals surface area contributed by atoms with Gasteiger partial charge in [0.2, 0.25) is 0 Å². The van der Waals surface area contributed by atoms with Crippen LogP contribution in [0.3, 0.4) is 0 Å². The summed E-state index contributed by atoms with van der Waals surface area (Å²) in [5, 5.41) is 12.3. The van der Waals surface area contributed by atoms with E-state index in [4.69, 9.17) is 9.84 Å². The molecule has 1 rings (SSSR count). The zero-order valence-electron chi connectivity index (χ0n) is 6.34. The normalized spacial score (nSPS) is 28.8. The SMILES string of the molecule is COC(O)CC1CCCN1. The van der Waals surface area contributed by atoms with Gasteiger partial charge in [-0.15, -0.1) is 0 Å². The van der Waals surface area contributed by atoms with E-state index in [9.17, 15) is 0 Å². The number of ether oxygens (including phenoxy) is 1. The molecule has 0 aliphatic carbocycles. The third kappa shape index (κ3) is 2.25. The summed E-state index contributed by atoms with van der Waals surface area (Å²) in [7, 11) is 1.53. The molecule has 0 radical (unpaired) electrons. The lowest BCUT2D eigenvalue weighted by Gasteiger charge is -2.13. The first-order valence-corrected chi connectivity index (χ1v) is 3.77. The number of methoxy groups -OCH3 is 1. The third-order valence-corrected chi connectivity index (χ3v) is 1.92. The molecule has 60 valence electrons. The Labute approximate surface area is 61.4 Å². The quantitative estimate of drug-likeness (QED) is 0.553. The maximum absolute atomic E-state index is 9.06. The van der Waals surface area contributed by atoms with Gasteiger partial charge in [0.15, 0.2) is 6.29 Å². The van der Waals surface area contributed by atoms with Crippen LogP contribution in [0.2, 0.25) is 0 Å². The first-order valence-electron chi connectivity index (χ1n) is 3.77. The molecule has 0 aromatic heterocycles. The van der Waals surface area contributed by atoms with Gasteiger partial charge in [-0.3, -0.25) is 0 Å². The molecule has 3 heteroatoms. The third-order valence-electron chi connectivity index (χ3n) is 1.92. The van der Waals surface area contributed by atoms with Gasteiger partial charge in [-0.25, -0.2) is 0 Å². The molecule has 10 heavy (non-hydrogen) atoms. The van der Waals surface area contributed by atoms with Crippen LogP contribution in [0.5, 0.6) is 0 Å². The van der Waals surface area contributed by atoms with E-state index in [2.05, 4.69) is 5.32 Å². The maximum Gasteiger partial charge on any atom is 0.155 e. The Kier molecular flexibility index (Phi) is 3.12.